The van der Waals surface area contributed by atoms with E-state index in [0.29, 0.717) is 12.5 Å². The van der Waals surface area contributed by atoms with Gasteiger partial charge in [0, 0.05) is 20.6 Å². The Kier molecular flexibility index (Phi) is 8.53. The number of hydrogen-bond donors (Lipinski definition) is 2. The number of benzene rings is 2. The topological polar surface area (TPSA) is 56.7 Å². The Morgan fingerprint density at radius 3 is 2.46 bits per heavy atom. The lowest BCUT2D eigenvalue weighted by molar-refractivity contribution is -0.127. The van der Waals surface area contributed by atoms with Gasteiger partial charge in [0.05, 0.1) is 13.1 Å². The highest BCUT2D eigenvalue weighted by molar-refractivity contribution is 14.0. The molecule has 0 saturated carbocycles. The summed E-state index contributed by atoms with van der Waals surface area (Å²) in [6.45, 7) is 3.55. The van der Waals surface area contributed by atoms with Crippen LogP contribution in [-0.4, -0.2) is 44.0 Å². The van der Waals surface area contributed by atoms with Gasteiger partial charge in [0.2, 0.25) is 5.91 Å². The summed E-state index contributed by atoms with van der Waals surface area (Å²) < 4.78 is 0. The standard InChI is InChI=1S/C18H24N4O.HI/c1-4-19-18(21-13-17(23)22(2)3)20-12-14-9-10-15-7-5-6-8-16(15)11-14;/h5-11H,4,12-13H2,1-3H3,(H2,19,20,21);1H. The first kappa shape index (κ1) is 20.2. The third kappa shape index (κ3) is 5.99. The monoisotopic (exact) mass is 440 g/mol. The molecule has 0 aliphatic heterocycles. The normalized spacial score (nSPS) is 10.9. The van der Waals surface area contributed by atoms with Crippen molar-refractivity contribution in [3.8, 4) is 0 Å². The minimum Gasteiger partial charge on any atom is -0.357 e. The number of fused-ring (bicyclic) bond motifs is 1. The van der Waals surface area contributed by atoms with Crippen LogP contribution in [0.5, 0.6) is 0 Å². The Labute approximate surface area is 160 Å². The predicted octanol–water partition coefficient (Wildman–Crippen LogP) is 2.60. The van der Waals surface area contributed by atoms with Crippen molar-refractivity contribution in [3.05, 3.63) is 48.0 Å². The summed E-state index contributed by atoms with van der Waals surface area (Å²) in [6.07, 6.45) is 0. The van der Waals surface area contributed by atoms with Gasteiger partial charge < -0.3 is 15.5 Å². The van der Waals surface area contributed by atoms with Crippen LogP contribution in [0.2, 0.25) is 0 Å². The second-order valence-electron chi connectivity index (χ2n) is 5.52. The largest absolute Gasteiger partial charge is 0.357 e. The Morgan fingerprint density at radius 2 is 1.79 bits per heavy atom. The lowest BCUT2D eigenvalue weighted by Crippen LogP contribution is -2.42. The van der Waals surface area contributed by atoms with Crippen molar-refractivity contribution in [2.45, 2.75) is 13.5 Å². The molecule has 0 bridgehead atoms. The highest BCUT2D eigenvalue weighted by Gasteiger charge is 2.05. The van der Waals surface area contributed by atoms with Gasteiger partial charge in [0.15, 0.2) is 5.96 Å². The Bertz CT molecular complexity index is 700. The van der Waals surface area contributed by atoms with Gasteiger partial charge in [-0.2, -0.15) is 0 Å². The number of nitrogens with zero attached hydrogens (tertiary/aromatic N) is 2. The summed E-state index contributed by atoms with van der Waals surface area (Å²) >= 11 is 0. The maximum Gasteiger partial charge on any atom is 0.241 e. The molecule has 1 amide bonds. The van der Waals surface area contributed by atoms with Gasteiger partial charge in [0.1, 0.15) is 0 Å². The molecule has 0 spiro atoms. The fraction of sp³-hybridized carbons (Fsp3) is 0.333. The smallest absolute Gasteiger partial charge is 0.241 e. The first-order valence-corrected chi connectivity index (χ1v) is 7.80. The van der Waals surface area contributed by atoms with Crippen LogP contribution in [0.1, 0.15) is 12.5 Å². The maximum absolute atomic E-state index is 11.7. The fourth-order valence-corrected chi connectivity index (χ4v) is 2.17. The Morgan fingerprint density at radius 1 is 1.08 bits per heavy atom. The van der Waals surface area contributed by atoms with Crippen LogP contribution in [0.3, 0.4) is 0 Å². The molecule has 0 aliphatic carbocycles. The number of hydrogen-bond acceptors (Lipinski definition) is 2. The minimum absolute atomic E-state index is 0. The summed E-state index contributed by atoms with van der Waals surface area (Å²) in [7, 11) is 3.48. The third-order valence-electron chi connectivity index (χ3n) is 3.48. The molecular weight excluding hydrogens is 415 g/mol. The number of guanidine groups is 1. The van der Waals surface area contributed by atoms with Crippen LogP contribution in [-0.2, 0) is 11.3 Å². The zero-order valence-electron chi connectivity index (χ0n) is 14.4. The van der Waals surface area contributed by atoms with Gasteiger partial charge in [0.25, 0.3) is 0 Å². The van der Waals surface area contributed by atoms with E-state index in [9.17, 15) is 4.79 Å². The molecule has 2 rings (SSSR count). The lowest BCUT2D eigenvalue weighted by Gasteiger charge is -2.14. The molecule has 0 radical (unpaired) electrons. The summed E-state index contributed by atoms with van der Waals surface area (Å²) in [5, 5.41) is 8.64. The van der Waals surface area contributed by atoms with Crippen LogP contribution >= 0.6 is 24.0 Å². The molecule has 0 fully saturated rings. The maximum atomic E-state index is 11.7. The number of likely N-dealkylation sites (N-methyl/N-ethyl adjacent to an activating group) is 1. The van der Waals surface area contributed by atoms with E-state index >= 15 is 0 Å². The quantitative estimate of drug-likeness (QED) is 0.427. The van der Waals surface area contributed by atoms with Gasteiger partial charge in [-0.15, -0.1) is 24.0 Å². The van der Waals surface area contributed by atoms with Crippen LogP contribution in [0.4, 0.5) is 0 Å². The molecule has 6 heteroatoms. The number of halogens is 1. The molecule has 2 N–H and O–H groups in total. The molecule has 0 saturated heterocycles. The highest BCUT2D eigenvalue weighted by atomic mass is 127. The van der Waals surface area contributed by atoms with E-state index in [1.165, 1.54) is 10.8 Å². The Hall–Kier alpha value is -1.83. The Balaban J connectivity index is 0.00000288. The van der Waals surface area contributed by atoms with Crippen molar-refractivity contribution in [2.24, 2.45) is 4.99 Å². The average Bonchev–Trinajstić information content (AvgIpc) is 2.56. The number of carbonyl (C=O) groups is 1. The van der Waals surface area contributed by atoms with Crippen LogP contribution in [0, 0.1) is 0 Å². The van der Waals surface area contributed by atoms with Gasteiger partial charge in [-0.05, 0) is 29.3 Å². The van der Waals surface area contributed by atoms with E-state index in [2.05, 4.69) is 46.0 Å². The highest BCUT2D eigenvalue weighted by Crippen LogP contribution is 2.16. The van der Waals surface area contributed by atoms with Crippen molar-refractivity contribution in [1.82, 2.24) is 15.5 Å². The van der Waals surface area contributed by atoms with Gasteiger partial charge in [-0.25, -0.2) is 4.99 Å². The zero-order valence-corrected chi connectivity index (χ0v) is 16.7. The molecular formula is C18H25IN4O. The number of aliphatic imine (C=N–C) groups is 1. The summed E-state index contributed by atoms with van der Waals surface area (Å²) in [5.74, 6) is 0.664. The van der Waals surface area contributed by atoms with E-state index in [-0.39, 0.29) is 36.4 Å². The molecule has 2 aromatic rings. The van der Waals surface area contributed by atoms with Crippen molar-refractivity contribution >= 4 is 46.6 Å². The van der Waals surface area contributed by atoms with Crippen LogP contribution in [0.15, 0.2) is 47.5 Å². The predicted molar refractivity (Wildman–Crippen MR) is 111 cm³/mol. The average molecular weight is 440 g/mol. The van der Waals surface area contributed by atoms with Crippen molar-refractivity contribution in [2.75, 3.05) is 27.2 Å². The van der Waals surface area contributed by atoms with Gasteiger partial charge in [-0.3, -0.25) is 4.79 Å². The third-order valence-corrected chi connectivity index (χ3v) is 3.48. The summed E-state index contributed by atoms with van der Waals surface area (Å²) in [5.41, 5.74) is 1.14. The number of carbonyl (C=O) groups excluding carboxylic acids is 1. The molecule has 24 heavy (non-hydrogen) atoms. The SMILES string of the molecule is CCNC(=NCc1ccc2ccccc2c1)NCC(=O)N(C)C.I. The van der Waals surface area contributed by atoms with E-state index in [4.69, 9.17) is 0 Å². The van der Waals surface area contributed by atoms with E-state index in [1.54, 1.807) is 19.0 Å². The van der Waals surface area contributed by atoms with E-state index in [1.807, 2.05) is 19.1 Å². The molecule has 0 heterocycles. The molecule has 0 atom stereocenters. The summed E-state index contributed by atoms with van der Waals surface area (Å²) in [4.78, 5) is 17.8. The second-order valence-corrected chi connectivity index (χ2v) is 5.52. The first-order chi connectivity index (χ1) is 11.1. The minimum atomic E-state index is 0. The first-order valence-electron chi connectivity index (χ1n) is 7.80. The van der Waals surface area contributed by atoms with Crippen LogP contribution in [0.25, 0.3) is 10.8 Å². The summed E-state index contributed by atoms with van der Waals surface area (Å²) in [6, 6.07) is 14.6. The van der Waals surface area contributed by atoms with Crippen molar-refractivity contribution in [1.29, 1.82) is 0 Å². The van der Waals surface area contributed by atoms with Gasteiger partial charge in [-0.1, -0.05) is 36.4 Å². The number of amides is 1. The zero-order chi connectivity index (χ0) is 16.7. The fourth-order valence-electron chi connectivity index (χ4n) is 2.17. The number of rotatable bonds is 5. The van der Waals surface area contributed by atoms with Crippen LogP contribution < -0.4 is 10.6 Å². The van der Waals surface area contributed by atoms with Crippen molar-refractivity contribution in [3.63, 3.8) is 0 Å². The number of nitrogens with one attached hydrogen (secondary N) is 2. The molecule has 5 nitrogen and oxygen atoms in total. The van der Waals surface area contributed by atoms with Gasteiger partial charge >= 0.3 is 0 Å². The van der Waals surface area contributed by atoms with E-state index < -0.39 is 0 Å². The molecule has 130 valence electrons. The van der Waals surface area contributed by atoms with E-state index in [0.717, 1.165) is 12.1 Å². The molecule has 0 aliphatic rings. The van der Waals surface area contributed by atoms with Crippen molar-refractivity contribution < 1.29 is 4.79 Å². The molecule has 0 unspecified atom stereocenters. The molecule has 2 aromatic carbocycles. The molecule has 0 aromatic heterocycles. The lowest BCUT2D eigenvalue weighted by atomic mass is 10.1. The second kappa shape index (κ2) is 10.1.